The van der Waals surface area contributed by atoms with Crippen LogP contribution in [0.3, 0.4) is 0 Å². The molecule has 0 bridgehead atoms. The molecule has 1 aromatic heterocycles. The van der Waals surface area contributed by atoms with Gasteiger partial charge in [-0.15, -0.1) is 0 Å². The van der Waals surface area contributed by atoms with Crippen LogP contribution < -0.4 is 5.32 Å². The Labute approximate surface area is 136 Å². The number of aryl methyl sites for hydroxylation is 1. The van der Waals surface area contributed by atoms with Crippen LogP contribution in [-0.2, 0) is 35.7 Å². The largest absolute Gasteiger partial charge is 0.435 e. The number of halogens is 3. The molecule has 3 rings (SSSR count). The summed E-state index contributed by atoms with van der Waals surface area (Å²) in [7, 11) is 1.41. The third kappa shape index (κ3) is 3.28. The highest BCUT2D eigenvalue weighted by molar-refractivity contribution is 5.82. The van der Waals surface area contributed by atoms with Gasteiger partial charge in [0.15, 0.2) is 11.8 Å². The van der Waals surface area contributed by atoms with Gasteiger partial charge in [0.05, 0.1) is 18.8 Å². The summed E-state index contributed by atoms with van der Waals surface area (Å²) in [6.07, 6.45) is -4.52. The second kappa shape index (κ2) is 6.27. The van der Waals surface area contributed by atoms with Crippen molar-refractivity contribution < 1.29 is 22.7 Å². The van der Waals surface area contributed by atoms with Crippen LogP contribution in [0.15, 0.2) is 30.3 Å². The molecular weight excluding hydrogens is 323 g/mol. The number of alkyl halides is 3. The quantitative estimate of drug-likeness (QED) is 0.934. The molecule has 0 radical (unpaired) electrons. The van der Waals surface area contributed by atoms with E-state index in [4.69, 9.17) is 4.74 Å². The molecule has 0 aliphatic carbocycles. The SMILES string of the molecule is Cn1nc(C(F)(F)F)cc1CNC(=O)C1OCCc2ccccc21. The number of amides is 1. The Balaban J connectivity index is 1.70. The second-order valence-electron chi connectivity index (χ2n) is 5.56. The van der Waals surface area contributed by atoms with Crippen molar-refractivity contribution in [3.8, 4) is 0 Å². The van der Waals surface area contributed by atoms with Crippen molar-refractivity contribution in [2.75, 3.05) is 6.61 Å². The maximum atomic E-state index is 12.7. The molecule has 1 aromatic carbocycles. The molecule has 128 valence electrons. The number of ether oxygens (including phenoxy) is 1. The number of fused-ring (bicyclic) bond motifs is 1. The van der Waals surface area contributed by atoms with Gasteiger partial charge in [-0.2, -0.15) is 18.3 Å². The number of hydrogen-bond acceptors (Lipinski definition) is 3. The lowest BCUT2D eigenvalue weighted by atomic mass is 9.97. The smallest absolute Gasteiger partial charge is 0.363 e. The van der Waals surface area contributed by atoms with Crippen LogP contribution >= 0.6 is 0 Å². The molecule has 2 aromatic rings. The fourth-order valence-corrected chi connectivity index (χ4v) is 2.69. The van der Waals surface area contributed by atoms with Gasteiger partial charge in [-0.3, -0.25) is 9.48 Å². The minimum absolute atomic E-state index is 0.0551. The lowest BCUT2D eigenvalue weighted by Gasteiger charge is -2.25. The highest BCUT2D eigenvalue weighted by Crippen LogP contribution is 2.29. The van der Waals surface area contributed by atoms with Crippen molar-refractivity contribution in [2.45, 2.75) is 25.2 Å². The van der Waals surface area contributed by atoms with Gasteiger partial charge in [-0.25, -0.2) is 0 Å². The third-order valence-corrected chi connectivity index (χ3v) is 3.94. The highest BCUT2D eigenvalue weighted by Gasteiger charge is 2.34. The summed E-state index contributed by atoms with van der Waals surface area (Å²) in [6, 6.07) is 8.41. The molecule has 0 spiro atoms. The highest BCUT2D eigenvalue weighted by atomic mass is 19.4. The van der Waals surface area contributed by atoms with E-state index in [0.29, 0.717) is 6.61 Å². The first-order chi connectivity index (χ1) is 11.4. The Morgan fingerprint density at radius 1 is 1.42 bits per heavy atom. The van der Waals surface area contributed by atoms with Crippen molar-refractivity contribution in [3.05, 3.63) is 52.8 Å². The topological polar surface area (TPSA) is 56.2 Å². The Bertz CT molecular complexity index is 755. The fourth-order valence-electron chi connectivity index (χ4n) is 2.69. The molecule has 0 saturated heterocycles. The minimum Gasteiger partial charge on any atom is -0.363 e. The van der Waals surface area contributed by atoms with Crippen LogP contribution in [0, 0.1) is 0 Å². The van der Waals surface area contributed by atoms with E-state index in [9.17, 15) is 18.0 Å². The van der Waals surface area contributed by atoms with Crippen molar-refractivity contribution >= 4 is 5.91 Å². The number of benzene rings is 1. The molecule has 8 heteroatoms. The van der Waals surface area contributed by atoms with Gasteiger partial charge in [0.25, 0.3) is 5.91 Å². The van der Waals surface area contributed by atoms with E-state index in [1.807, 2.05) is 24.3 Å². The van der Waals surface area contributed by atoms with Crippen LogP contribution in [0.4, 0.5) is 13.2 Å². The first-order valence-electron chi connectivity index (χ1n) is 7.43. The molecule has 1 unspecified atom stereocenters. The molecule has 0 fully saturated rings. The maximum absolute atomic E-state index is 12.7. The lowest BCUT2D eigenvalue weighted by Crippen LogP contribution is -2.33. The van der Waals surface area contributed by atoms with E-state index < -0.39 is 18.0 Å². The van der Waals surface area contributed by atoms with Gasteiger partial charge in [0.1, 0.15) is 0 Å². The summed E-state index contributed by atoms with van der Waals surface area (Å²) in [4.78, 5) is 12.4. The van der Waals surface area contributed by atoms with E-state index in [-0.39, 0.29) is 18.1 Å². The minimum atomic E-state index is -4.51. The van der Waals surface area contributed by atoms with Gasteiger partial charge in [0.2, 0.25) is 0 Å². The number of hydrogen-bond donors (Lipinski definition) is 1. The zero-order valence-corrected chi connectivity index (χ0v) is 12.9. The Hall–Kier alpha value is -2.35. The van der Waals surface area contributed by atoms with Crippen molar-refractivity contribution in [2.24, 2.45) is 7.05 Å². The van der Waals surface area contributed by atoms with E-state index in [0.717, 1.165) is 28.3 Å². The molecule has 1 N–H and O–H groups in total. The summed E-state index contributed by atoms with van der Waals surface area (Å²) in [5.74, 6) is -0.378. The Kier molecular flexibility index (Phi) is 4.31. The van der Waals surface area contributed by atoms with Crippen LogP contribution in [0.2, 0.25) is 0 Å². The standard InChI is InChI=1S/C16H16F3N3O2/c1-22-11(8-13(21-22)16(17,18)19)9-20-15(23)14-12-5-3-2-4-10(12)6-7-24-14/h2-5,8,14H,6-7,9H2,1H3,(H,20,23). The summed E-state index contributed by atoms with van der Waals surface area (Å²) >= 11 is 0. The summed E-state index contributed by atoms with van der Waals surface area (Å²) in [5, 5.41) is 6.04. The lowest BCUT2D eigenvalue weighted by molar-refractivity contribution is -0.141. The molecule has 2 heterocycles. The van der Waals surface area contributed by atoms with Gasteiger partial charge in [-0.05, 0) is 23.6 Å². The Morgan fingerprint density at radius 3 is 2.88 bits per heavy atom. The maximum Gasteiger partial charge on any atom is 0.435 e. The Morgan fingerprint density at radius 2 is 2.17 bits per heavy atom. The van der Waals surface area contributed by atoms with E-state index >= 15 is 0 Å². The predicted molar refractivity (Wildman–Crippen MR) is 78.9 cm³/mol. The zero-order chi connectivity index (χ0) is 17.3. The first kappa shape index (κ1) is 16.5. The zero-order valence-electron chi connectivity index (χ0n) is 12.9. The van der Waals surface area contributed by atoms with E-state index in [1.165, 1.54) is 7.05 Å². The van der Waals surface area contributed by atoms with Crippen LogP contribution in [0.25, 0.3) is 0 Å². The molecule has 1 aliphatic rings. The van der Waals surface area contributed by atoms with Gasteiger partial charge in [-0.1, -0.05) is 24.3 Å². The average molecular weight is 339 g/mol. The van der Waals surface area contributed by atoms with Crippen LogP contribution in [0.1, 0.15) is 28.6 Å². The summed E-state index contributed by atoms with van der Waals surface area (Å²) < 4.78 is 44.6. The van der Waals surface area contributed by atoms with Crippen LogP contribution in [-0.4, -0.2) is 22.3 Å². The third-order valence-electron chi connectivity index (χ3n) is 3.94. The molecule has 24 heavy (non-hydrogen) atoms. The number of aromatic nitrogens is 2. The van der Waals surface area contributed by atoms with Gasteiger partial charge >= 0.3 is 6.18 Å². The molecule has 1 amide bonds. The molecule has 1 aliphatic heterocycles. The monoisotopic (exact) mass is 339 g/mol. The normalized spacial score (nSPS) is 17.4. The first-order valence-corrected chi connectivity index (χ1v) is 7.43. The van der Waals surface area contributed by atoms with Crippen molar-refractivity contribution in [1.82, 2.24) is 15.1 Å². The number of rotatable bonds is 3. The molecule has 0 saturated carbocycles. The van der Waals surface area contributed by atoms with E-state index in [1.54, 1.807) is 0 Å². The average Bonchev–Trinajstić information content (AvgIpc) is 2.93. The number of carbonyl (C=O) groups is 1. The van der Waals surface area contributed by atoms with E-state index in [2.05, 4.69) is 10.4 Å². The van der Waals surface area contributed by atoms with Crippen LogP contribution in [0.5, 0.6) is 0 Å². The number of nitrogens with zero attached hydrogens (tertiary/aromatic N) is 2. The predicted octanol–water partition coefficient (Wildman–Crippen LogP) is 2.37. The molecule has 1 atom stereocenters. The van der Waals surface area contributed by atoms with Crippen molar-refractivity contribution in [3.63, 3.8) is 0 Å². The number of carbonyl (C=O) groups excluding carboxylic acids is 1. The summed E-state index contributed by atoms with van der Waals surface area (Å²) in [5.41, 5.74) is 1.12. The molecule has 5 nitrogen and oxygen atoms in total. The number of nitrogens with one attached hydrogen (secondary N) is 1. The fraction of sp³-hybridized carbons (Fsp3) is 0.375. The molecular formula is C16H16F3N3O2. The van der Waals surface area contributed by atoms with Crippen molar-refractivity contribution in [1.29, 1.82) is 0 Å². The van der Waals surface area contributed by atoms with Gasteiger partial charge in [0, 0.05) is 7.05 Å². The summed E-state index contributed by atoms with van der Waals surface area (Å²) in [6.45, 7) is 0.374. The second-order valence-corrected chi connectivity index (χ2v) is 5.56. The van der Waals surface area contributed by atoms with Gasteiger partial charge < -0.3 is 10.1 Å².